The minimum Gasteiger partial charge on any atom is -0.367 e. The van der Waals surface area contributed by atoms with E-state index in [0.717, 1.165) is 18.8 Å². The Kier molecular flexibility index (Phi) is 5.44. The van der Waals surface area contributed by atoms with Crippen molar-refractivity contribution >= 4 is 35.6 Å². The van der Waals surface area contributed by atoms with E-state index in [0.29, 0.717) is 13.1 Å². The van der Waals surface area contributed by atoms with Gasteiger partial charge in [0.05, 0.1) is 18.1 Å². The molecule has 1 aliphatic heterocycles. The molecule has 7 heteroatoms. The zero-order valence-electron chi connectivity index (χ0n) is 9.25. The molecule has 0 radical (unpaired) electrons. The summed E-state index contributed by atoms with van der Waals surface area (Å²) >= 11 is 5.52. The van der Waals surface area contributed by atoms with Gasteiger partial charge in [0.15, 0.2) is 0 Å². The average Bonchev–Trinajstić information content (AvgIpc) is 2.39. The number of nitrogens with zero attached hydrogens (tertiary/aromatic N) is 4. The highest BCUT2D eigenvalue weighted by molar-refractivity contribution is 6.27. The third-order valence-electron chi connectivity index (χ3n) is 2.68. The van der Waals surface area contributed by atoms with E-state index in [-0.39, 0.29) is 24.2 Å². The fourth-order valence-corrected chi connectivity index (χ4v) is 1.94. The first kappa shape index (κ1) is 14.0. The second-order valence-electron chi connectivity index (χ2n) is 3.60. The third kappa shape index (κ3) is 3.44. The Morgan fingerprint density at radius 1 is 1.29 bits per heavy atom. The first-order chi connectivity index (χ1) is 7.81. The van der Waals surface area contributed by atoms with Gasteiger partial charge in [0, 0.05) is 26.2 Å². The Hall–Kier alpha value is -1.07. The van der Waals surface area contributed by atoms with E-state index >= 15 is 0 Å². The zero-order chi connectivity index (χ0) is 11.4. The van der Waals surface area contributed by atoms with Gasteiger partial charge in [-0.05, 0) is 6.07 Å². The van der Waals surface area contributed by atoms with Gasteiger partial charge < -0.3 is 9.80 Å². The standard InChI is InChI=1S/C10H13ClN4O.ClH/c11-7-10(16)15-5-3-14(4-6-15)9-1-2-12-13-8-9;/h1-2,8H,3-7H2;1H. The summed E-state index contributed by atoms with van der Waals surface area (Å²) in [5, 5.41) is 7.57. The lowest BCUT2D eigenvalue weighted by molar-refractivity contribution is -0.128. The smallest absolute Gasteiger partial charge is 0.237 e. The molecule has 1 fully saturated rings. The lowest BCUT2D eigenvalue weighted by Crippen LogP contribution is -2.49. The number of rotatable bonds is 2. The first-order valence-corrected chi connectivity index (χ1v) is 5.70. The van der Waals surface area contributed by atoms with Crippen molar-refractivity contribution in [3.8, 4) is 0 Å². The molecule has 0 N–H and O–H groups in total. The molecule has 1 aromatic rings. The lowest BCUT2D eigenvalue weighted by Gasteiger charge is -2.35. The molecule has 1 aromatic heterocycles. The number of carbonyl (C=O) groups is 1. The van der Waals surface area contributed by atoms with E-state index in [4.69, 9.17) is 11.6 Å². The van der Waals surface area contributed by atoms with Crippen molar-refractivity contribution in [2.75, 3.05) is 37.0 Å². The van der Waals surface area contributed by atoms with Gasteiger partial charge in [-0.15, -0.1) is 24.0 Å². The fraction of sp³-hybridized carbons (Fsp3) is 0.500. The topological polar surface area (TPSA) is 49.3 Å². The van der Waals surface area contributed by atoms with Gasteiger partial charge >= 0.3 is 0 Å². The average molecular weight is 277 g/mol. The van der Waals surface area contributed by atoms with Gasteiger partial charge in [-0.2, -0.15) is 10.2 Å². The van der Waals surface area contributed by atoms with E-state index in [1.807, 2.05) is 6.07 Å². The molecule has 94 valence electrons. The molecule has 1 amide bonds. The van der Waals surface area contributed by atoms with Crippen LogP contribution in [0.25, 0.3) is 0 Å². The Labute approximate surface area is 111 Å². The minimum atomic E-state index is 0. The van der Waals surface area contributed by atoms with Crippen LogP contribution in [0.15, 0.2) is 18.5 Å². The van der Waals surface area contributed by atoms with Crippen molar-refractivity contribution in [3.05, 3.63) is 18.5 Å². The zero-order valence-corrected chi connectivity index (χ0v) is 10.8. The highest BCUT2D eigenvalue weighted by Gasteiger charge is 2.20. The van der Waals surface area contributed by atoms with Crippen LogP contribution in [-0.2, 0) is 4.79 Å². The van der Waals surface area contributed by atoms with Gasteiger partial charge in [0.1, 0.15) is 5.88 Å². The highest BCUT2D eigenvalue weighted by Crippen LogP contribution is 2.13. The monoisotopic (exact) mass is 276 g/mol. The van der Waals surface area contributed by atoms with Crippen LogP contribution in [0, 0.1) is 0 Å². The van der Waals surface area contributed by atoms with E-state index in [1.54, 1.807) is 17.3 Å². The summed E-state index contributed by atoms with van der Waals surface area (Å²) < 4.78 is 0. The molecule has 1 aliphatic rings. The van der Waals surface area contributed by atoms with Gasteiger partial charge in [0.25, 0.3) is 0 Å². The molecule has 1 saturated heterocycles. The summed E-state index contributed by atoms with van der Waals surface area (Å²) in [4.78, 5) is 15.3. The Morgan fingerprint density at radius 2 is 2.00 bits per heavy atom. The van der Waals surface area contributed by atoms with Crippen LogP contribution >= 0.6 is 24.0 Å². The number of hydrogen-bond donors (Lipinski definition) is 0. The van der Waals surface area contributed by atoms with Crippen molar-refractivity contribution in [2.24, 2.45) is 0 Å². The Balaban J connectivity index is 0.00000144. The van der Waals surface area contributed by atoms with Crippen LogP contribution in [0.5, 0.6) is 0 Å². The number of hydrogen-bond acceptors (Lipinski definition) is 4. The van der Waals surface area contributed by atoms with E-state index in [9.17, 15) is 4.79 Å². The normalized spacial score (nSPS) is 15.4. The maximum absolute atomic E-state index is 11.4. The fourth-order valence-electron chi connectivity index (χ4n) is 1.77. The predicted octanol–water partition coefficient (Wildman–Crippen LogP) is 0.786. The highest BCUT2D eigenvalue weighted by atomic mass is 35.5. The van der Waals surface area contributed by atoms with Crippen LogP contribution in [-0.4, -0.2) is 53.1 Å². The van der Waals surface area contributed by atoms with Crippen molar-refractivity contribution < 1.29 is 4.79 Å². The van der Waals surface area contributed by atoms with Crippen molar-refractivity contribution in [1.29, 1.82) is 0 Å². The van der Waals surface area contributed by atoms with Gasteiger partial charge in [-0.3, -0.25) is 4.79 Å². The number of amides is 1. The number of alkyl halides is 1. The van der Waals surface area contributed by atoms with E-state index in [2.05, 4.69) is 15.1 Å². The molecule has 5 nitrogen and oxygen atoms in total. The lowest BCUT2D eigenvalue weighted by atomic mass is 10.3. The Bertz CT molecular complexity index is 355. The summed E-state index contributed by atoms with van der Waals surface area (Å²) in [7, 11) is 0. The van der Waals surface area contributed by atoms with Gasteiger partial charge in [-0.25, -0.2) is 0 Å². The van der Waals surface area contributed by atoms with Crippen LogP contribution in [0.3, 0.4) is 0 Å². The number of anilines is 1. The van der Waals surface area contributed by atoms with Crippen molar-refractivity contribution in [1.82, 2.24) is 15.1 Å². The molecule has 0 bridgehead atoms. The summed E-state index contributed by atoms with van der Waals surface area (Å²) in [5.74, 6) is 0.0748. The summed E-state index contributed by atoms with van der Waals surface area (Å²) in [5.41, 5.74) is 1.05. The molecular formula is C10H14Cl2N4O. The molecule has 2 rings (SSSR count). The molecule has 0 aromatic carbocycles. The first-order valence-electron chi connectivity index (χ1n) is 5.16. The summed E-state index contributed by atoms with van der Waals surface area (Å²) in [6.07, 6.45) is 3.41. The maximum Gasteiger partial charge on any atom is 0.237 e. The third-order valence-corrected chi connectivity index (χ3v) is 2.91. The van der Waals surface area contributed by atoms with Crippen LogP contribution in [0.2, 0.25) is 0 Å². The minimum absolute atomic E-state index is 0. The predicted molar refractivity (Wildman–Crippen MR) is 68.8 cm³/mol. The van der Waals surface area contributed by atoms with Gasteiger partial charge in [-0.1, -0.05) is 0 Å². The van der Waals surface area contributed by atoms with Crippen LogP contribution in [0.4, 0.5) is 5.69 Å². The molecule has 17 heavy (non-hydrogen) atoms. The Morgan fingerprint density at radius 3 is 2.53 bits per heavy atom. The SMILES string of the molecule is Cl.O=C(CCl)N1CCN(c2ccnnc2)CC1. The van der Waals surface area contributed by atoms with E-state index in [1.165, 1.54) is 0 Å². The molecule has 0 atom stereocenters. The summed E-state index contributed by atoms with van der Waals surface area (Å²) in [6.45, 7) is 3.06. The number of aromatic nitrogens is 2. The van der Waals surface area contributed by atoms with Crippen molar-refractivity contribution in [2.45, 2.75) is 0 Å². The quantitative estimate of drug-likeness (QED) is 0.750. The van der Waals surface area contributed by atoms with Crippen molar-refractivity contribution in [3.63, 3.8) is 0 Å². The second-order valence-corrected chi connectivity index (χ2v) is 3.87. The largest absolute Gasteiger partial charge is 0.367 e. The second kappa shape index (κ2) is 6.61. The van der Waals surface area contributed by atoms with Crippen LogP contribution in [0.1, 0.15) is 0 Å². The van der Waals surface area contributed by atoms with E-state index < -0.39 is 0 Å². The number of halogens is 2. The molecule has 0 unspecified atom stereocenters. The molecule has 2 heterocycles. The molecule has 0 saturated carbocycles. The molecule has 0 spiro atoms. The molecule has 0 aliphatic carbocycles. The van der Waals surface area contributed by atoms with Crippen LogP contribution < -0.4 is 4.90 Å². The number of carbonyl (C=O) groups excluding carboxylic acids is 1. The maximum atomic E-state index is 11.4. The molecular weight excluding hydrogens is 263 g/mol. The van der Waals surface area contributed by atoms with Gasteiger partial charge in [0.2, 0.25) is 5.91 Å². The summed E-state index contributed by atoms with van der Waals surface area (Å²) in [6, 6.07) is 1.92. The number of piperazine rings is 1.